The van der Waals surface area contributed by atoms with E-state index in [4.69, 9.17) is 0 Å². The summed E-state index contributed by atoms with van der Waals surface area (Å²) in [5.41, 5.74) is 0. The smallest absolute Gasteiger partial charge is 0.484 e. The van der Waals surface area contributed by atoms with Crippen LogP contribution in [-0.2, 0) is 9.53 Å². The van der Waals surface area contributed by atoms with Crippen LogP contribution in [0.4, 0.5) is 4.79 Å². The van der Waals surface area contributed by atoms with E-state index in [1.165, 1.54) is 51.4 Å². The number of hydrogen-bond acceptors (Lipinski definition) is 4. The zero-order valence-corrected chi connectivity index (χ0v) is 17.7. The first-order valence-electron chi connectivity index (χ1n) is 9.23. The molecule has 5 heteroatoms. The first kappa shape index (κ1) is 25.9. The van der Waals surface area contributed by atoms with Crippen LogP contribution in [0, 0.1) is 0 Å². The Kier molecular flexibility index (Phi) is 22.4. The van der Waals surface area contributed by atoms with Gasteiger partial charge in [0.1, 0.15) is 0 Å². The Hall–Kier alpha value is -0.320. The molecule has 0 fully saturated rings. The van der Waals surface area contributed by atoms with Crippen LogP contribution in [0.1, 0.15) is 96.8 Å². The number of allylic oxidation sites excluding steroid dienone is 2. The average Bonchev–Trinajstić information content (AvgIpc) is 2.50. The van der Waals surface area contributed by atoms with Gasteiger partial charge in [0.15, 0.2) is 0 Å². The fraction of sp³-hybridized carbons (Fsp3) is 0.789. The van der Waals surface area contributed by atoms with Gasteiger partial charge in [0.05, 0.1) is 0 Å². The number of carboxylic acid groups (broad SMARTS) is 1. The van der Waals surface area contributed by atoms with Crippen molar-refractivity contribution < 1.29 is 49.0 Å². The minimum Gasteiger partial charge on any atom is -0.484 e. The normalized spacial score (nSPS) is 10.5. The third-order valence-electron chi connectivity index (χ3n) is 3.84. The van der Waals surface area contributed by atoms with Gasteiger partial charge in [-0.3, -0.25) is 4.79 Å². The Morgan fingerprint density at radius 2 is 1.25 bits per heavy atom. The van der Waals surface area contributed by atoms with Gasteiger partial charge in [-0.05, 0) is 32.1 Å². The van der Waals surface area contributed by atoms with Gasteiger partial charge in [-0.15, -0.1) is 0 Å². The van der Waals surface area contributed by atoms with Crippen LogP contribution in [0.25, 0.3) is 0 Å². The van der Waals surface area contributed by atoms with E-state index in [1.807, 2.05) is 0 Å². The van der Waals surface area contributed by atoms with E-state index in [2.05, 4.69) is 23.8 Å². The van der Waals surface area contributed by atoms with E-state index in [9.17, 15) is 14.7 Å². The SMILES string of the molecule is CCCCCCCC/C=C\CCCCCCCC(=O)OC(=O)[O-].[Na+]. The number of rotatable bonds is 15. The molecule has 0 atom stereocenters. The van der Waals surface area contributed by atoms with Crippen molar-refractivity contribution in [2.24, 2.45) is 0 Å². The summed E-state index contributed by atoms with van der Waals surface area (Å²) in [5.74, 6) is -0.706. The molecule has 0 saturated heterocycles. The van der Waals surface area contributed by atoms with Crippen LogP contribution in [0.5, 0.6) is 0 Å². The molecule has 0 saturated carbocycles. The van der Waals surface area contributed by atoms with Crippen molar-refractivity contribution in [3.63, 3.8) is 0 Å². The van der Waals surface area contributed by atoms with Crippen LogP contribution < -0.4 is 34.7 Å². The van der Waals surface area contributed by atoms with Gasteiger partial charge in [-0.1, -0.05) is 70.4 Å². The van der Waals surface area contributed by atoms with Crippen LogP contribution in [0.15, 0.2) is 12.2 Å². The van der Waals surface area contributed by atoms with Gasteiger partial charge >= 0.3 is 29.6 Å². The fourth-order valence-corrected chi connectivity index (χ4v) is 2.48. The number of unbranched alkanes of at least 4 members (excludes halogenated alkanes) is 11. The molecule has 24 heavy (non-hydrogen) atoms. The van der Waals surface area contributed by atoms with Crippen LogP contribution in [0.2, 0.25) is 0 Å². The van der Waals surface area contributed by atoms with Crippen molar-refractivity contribution in [1.29, 1.82) is 0 Å². The van der Waals surface area contributed by atoms with Gasteiger partial charge in [-0.2, -0.15) is 0 Å². The molecule has 0 aromatic rings. The Morgan fingerprint density at radius 3 is 1.75 bits per heavy atom. The summed E-state index contributed by atoms with van der Waals surface area (Å²) < 4.78 is 3.93. The predicted molar refractivity (Wildman–Crippen MR) is 90.9 cm³/mol. The Labute approximate surface area is 169 Å². The van der Waals surface area contributed by atoms with Crippen LogP contribution in [-0.4, -0.2) is 12.1 Å². The van der Waals surface area contributed by atoms with E-state index in [0.717, 1.165) is 25.7 Å². The quantitative estimate of drug-likeness (QED) is 0.149. The molecule has 0 spiro atoms. The molecule has 0 rings (SSSR count). The van der Waals surface area contributed by atoms with Crippen LogP contribution >= 0.6 is 0 Å². The van der Waals surface area contributed by atoms with Gasteiger partial charge in [0.2, 0.25) is 5.97 Å². The minimum absolute atomic E-state index is 0. The van der Waals surface area contributed by atoms with Gasteiger partial charge in [0.25, 0.3) is 6.16 Å². The summed E-state index contributed by atoms with van der Waals surface area (Å²) in [6, 6.07) is 0. The van der Waals surface area contributed by atoms with Crippen molar-refractivity contribution >= 4 is 12.1 Å². The topological polar surface area (TPSA) is 66.4 Å². The van der Waals surface area contributed by atoms with Crippen LogP contribution in [0.3, 0.4) is 0 Å². The summed E-state index contributed by atoms with van der Waals surface area (Å²) in [5, 5.41) is 10.0. The van der Waals surface area contributed by atoms with Gasteiger partial charge in [-0.25, -0.2) is 0 Å². The molecule has 0 bridgehead atoms. The van der Waals surface area contributed by atoms with Crippen molar-refractivity contribution in [3.8, 4) is 0 Å². The van der Waals surface area contributed by atoms with E-state index >= 15 is 0 Å². The molecule has 0 aromatic carbocycles. The second kappa shape index (κ2) is 20.7. The summed E-state index contributed by atoms with van der Waals surface area (Å²) in [6.45, 7) is 2.24. The maximum atomic E-state index is 10.9. The molecular weight excluding hydrogens is 315 g/mol. The molecule has 134 valence electrons. The first-order valence-corrected chi connectivity index (χ1v) is 9.23. The monoisotopic (exact) mass is 348 g/mol. The minimum atomic E-state index is -1.76. The molecule has 0 N–H and O–H groups in total. The molecule has 0 unspecified atom stereocenters. The van der Waals surface area contributed by atoms with Gasteiger partial charge in [0, 0.05) is 6.42 Å². The first-order chi connectivity index (χ1) is 11.2. The second-order valence-corrected chi connectivity index (χ2v) is 6.06. The number of carbonyl (C=O) groups excluding carboxylic acids is 2. The zero-order valence-electron chi connectivity index (χ0n) is 15.7. The maximum absolute atomic E-state index is 10.9. The standard InChI is InChI=1S/C19H34O4.Na/c1-2-3-4-5-6-7-8-9-10-11-12-13-14-15-16-17-18(20)23-19(21)22;/h9-10H,2-8,11-17H2,1H3,(H,21,22);/q;+1/p-1/b10-9-;. The zero-order chi connectivity index (χ0) is 17.2. The number of hydrogen-bond donors (Lipinski definition) is 0. The number of ether oxygens (including phenoxy) is 1. The second-order valence-electron chi connectivity index (χ2n) is 6.06. The van der Waals surface area contributed by atoms with Gasteiger partial charge < -0.3 is 14.6 Å². The van der Waals surface area contributed by atoms with E-state index in [1.54, 1.807) is 0 Å². The average molecular weight is 348 g/mol. The molecule has 0 amide bonds. The van der Waals surface area contributed by atoms with E-state index in [-0.39, 0.29) is 36.0 Å². The molecule has 0 heterocycles. The van der Waals surface area contributed by atoms with Crippen molar-refractivity contribution in [3.05, 3.63) is 12.2 Å². The molecule has 0 aliphatic rings. The molecule has 4 nitrogen and oxygen atoms in total. The Morgan fingerprint density at radius 1 is 0.792 bits per heavy atom. The summed E-state index contributed by atoms with van der Waals surface area (Å²) in [6.07, 6.45) is 18.4. The predicted octanol–water partition coefficient (Wildman–Crippen LogP) is 1.91. The van der Waals surface area contributed by atoms with E-state index in [0.29, 0.717) is 6.42 Å². The summed E-state index contributed by atoms with van der Waals surface area (Å²) >= 11 is 0. The van der Waals surface area contributed by atoms with E-state index < -0.39 is 12.1 Å². The number of carbonyl (C=O) groups is 2. The third-order valence-corrected chi connectivity index (χ3v) is 3.84. The molecule has 0 aliphatic carbocycles. The molecular formula is C19H33NaO4. The largest absolute Gasteiger partial charge is 1.00 e. The Balaban J connectivity index is 0. The summed E-state index contributed by atoms with van der Waals surface area (Å²) in [4.78, 5) is 20.9. The molecule has 0 radical (unpaired) electrons. The number of esters is 1. The fourth-order valence-electron chi connectivity index (χ4n) is 2.48. The molecule has 0 aromatic heterocycles. The third kappa shape index (κ3) is 21.7. The maximum Gasteiger partial charge on any atom is 1.00 e. The Bertz CT molecular complexity index is 329. The van der Waals surface area contributed by atoms with Crippen molar-refractivity contribution in [2.45, 2.75) is 96.8 Å². The van der Waals surface area contributed by atoms with Crippen molar-refractivity contribution in [1.82, 2.24) is 0 Å². The summed E-state index contributed by atoms with van der Waals surface area (Å²) in [7, 11) is 0. The molecule has 0 aliphatic heterocycles. The van der Waals surface area contributed by atoms with Crippen molar-refractivity contribution in [2.75, 3.05) is 0 Å².